The molecule has 4 heteroatoms. The molecule has 1 saturated carbocycles. The van der Waals surface area contributed by atoms with E-state index in [1.54, 1.807) is 0 Å². The quantitative estimate of drug-likeness (QED) is 0.921. The Morgan fingerprint density at radius 2 is 1.88 bits per heavy atom. The van der Waals surface area contributed by atoms with Crippen LogP contribution in [0.25, 0.3) is 0 Å². The van der Waals surface area contributed by atoms with Crippen molar-refractivity contribution in [1.82, 2.24) is 10.3 Å². The predicted molar refractivity (Wildman–Crippen MR) is 94.9 cm³/mol. The van der Waals surface area contributed by atoms with Crippen LogP contribution in [-0.2, 0) is 16.8 Å². The molecule has 1 aliphatic carbocycles. The summed E-state index contributed by atoms with van der Waals surface area (Å²) in [6, 6.07) is 14.2. The lowest BCUT2D eigenvalue weighted by molar-refractivity contribution is -0.123. The molecule has 1 aromatic carbocycles. The maximum Gasteiger partial charge on any atom is 0.230 e. The predicted octanol–water partition coefficient (Wildman–Crippen LogP) is 3.03. The van der Waals surface area contributed by atoms with Crippen LogP contribution in [0.4, 0.5) is 5.82 Å². The monoisotopic (exact) mass is 321 g/mol. The third-order valence-electron chi connectivity index (χ3n) is 5.20. The van der Waals surface area contributed by atoms with Gasteiger partial charge in [0.15, 0.2) is 0 Å². The van der Waals surface area contributed by atoms with Gasteiger partial charge in [0.05, 0.1) is 5.41 Å². The van der Waals surface area contributed by atoms with Gasteiger partial charge < -0.3 is 10.2 Å². The van der Waals surface area contributed by atoms with Gasteiger partial charge in [-0.15, -0.1) is 0 Å². The van der Waals surface area contributed by atoms with Gasteiger partial charge in [-0.25, -0.2) is 4.98 Å². The average Bonchev–Trinajstić information content (AvgIpc) is 3.27. The van der Waals surface area contributed by atoms with Crippen molar-refractivity contribution < 1.29 is 4.79 Å². The standard InChI is InChI=1S/C20H23N3O/c24-19(20(9-10-20)17-6-2-1-3-7-17)22-15-16-8-11-21-18(14-16)23-12-4-5-13-23/h1-3,6-8,11,14H,4-5,9-10,12-13,15H2,(H,22,24). The lowest BCUT2D eigenvalue weighted by Crippen LogP contribution is -2.34. The van der Waals surface area contributed by atoms with E-state index in [2.05, 4.69) is 33.4 Å². The number of amides is 1. The van der Waals surface area contributed by atoms with Crippen LogP contribution in [0.2, 0.25) is 0 Å². The first-order chi connectivity index (χ1) is 11.8. The Labute approximate surface area is 142 Å². The maximum atomic E-state index is 12.7. The summed E-state index contributed by atoms with van der Waals surface area (Å²) in [5.41, 5.74) is 1.95. The van der Waals surface area contributed by atoms with E-state index in [9.17, 15) is 4.79 Å². The topological polar surface area (TPSA) is 45.2 Å². The normalized spacial score (nSPS) is 18.4. The minimum absolute atomic E-state index is 0.147. The lowest BCUT2D eigenvalue weighted by Gasteiger charge is -2.18. The lowest BCUT2D eigenvalue weighted by atomic mass is 9.95. The number of anilines is 1. The van der Waals surface area contributed by atoms with Crippen LogP contribution in [0, 0.1) is 0 Å². The number of hydrogen-bond donors (Lipinski definition) is 1. The highest BCUT2D eigenvalue weighted by molar-refractivity contribution is 5.91. The third kappa shape index (κ3) is 2.88. The minimum Gasteiger partial charge on any atom is -0.357 e. The van der Waals surface area contributed by atoms with Gasteiger partial charge in [0, 0.05) is 25.8 Å². The molecule has 0 radical (unpaired) electrons. The zero-order chi connectivity index (χ0) is 16.4. The van der Waals surface area contributed by atoms with Crippen molar-refractivity contribution in [3.8, 4) is 0 Å². The highest BCUT2D eigenvalue weighted by Crippen LogP contribution is 2.48. The Kier molecular flexibility index (Phi) is 3.97. The van der Waals surface area contributed by atoms with E-state index in [-0.39, 0.29) is 11.3 Å². The highest BCUT2D eigenvalue weighted by atomic mass is 16.2. The van der Waals surface area contributed by atoms with Gasteiger partial charge in [-0.1, -0.05) is 30.3 Å². The molecule has 0 spiro atoms. The Morgan fingerprint density at radius 1 is 1.12 bits per heavy atom. The van der Waals surface area contributed by atoms with Crippen molar-refractivity contribution in [1.29, 1.82) is 0 Å². The van der Waals surface area contributed by atoms with Crippen LogP contribution in [-0.4, -0.2) is 24.0 Å². The average molecular weight is 321 g/mol. The van der Waals surface area contributed by atoms with Gasteiger partial charge in [-0.05, 0) is 48.9 Å². The van der Waals surface area contributed by atoms with Crippen LogP contribution in [0.1, 0.15) is 36.8 Å². The van der Waals surface area contributed by atoms with Gasteiger partial charge >= 0.3 is 0 Å². The van der Waals surface area contributed by atoms with Crippen molar-refractivity contribution in [3.05, 3.63) is 59.8 Å². The zero-order valence-corrected chi connectivity index (χ0v) is 13.9. The Bertz CT molecular complexity index is 719. The van der Waals surface area contributed by atoms with Crippen LogP contribution >= 0.6 is 0 Å². The number of pyridine rings is 1. The number of rotatable bonds is 5. The minimum atomic E-state index is -0.300. The first-order valence-electron chi connectivity index (χ1n) is 8.82. The van der Waals surface area contributed by atoms with E-state index in [0.717, 1.165) is 42.9 Å². The molecule has 2 fully saturated rings. The fraction of sp³-hybridized carbons (Fsp3) is 0.400. The van der Waals surface area contributed by atoms with Crippen molar-refractivity contribution >= 4 is 11.7 Å². The maximum absolute atomic E-state index is 12.7. The second kappa shape index (κ2) is 6.27. The number of benzene rings is 1. The molecule has 2 aromatic rings. The fourth-order valence-corrected chi connectivity index (χ4v) is 3.57. The molecule has 0 atom stereocenters. The smallest absolute Gasteiger partial charge is 0.230 e. The molecule has 0 bridgehead atoms. The van der Waals surface area contributed by atoms with Crippen LogP contribution < -0.4 is 10.2 Å². The summed E-state index contributed by atoms with van der Waals surface area (Å²) in [6.45, 7) is 2.73. The van der Waals surface area contributed by atoms with Crippen LogP contribution in [0.3, 0.4) is 0 Å². The number of nitrogens with one attached hydrogen (secondary N) is 1. The first kappa shape index (κ1) is 15.2. The molecule has 1 aromatic heterocycles. The third-order valence-corrected chi connectivity index (χ3v) is 5.20. The molecule has 1 aliphatic heterocycles. The van der Waals surface area contributed by atoms with Gasteiger partial charge in [0.2, 0.25) is 5.91 Å². The number of nitrogens with zero attached hydrogens (tertiary/aromatic N) is 2. The van der Waals surface area contributed by atoms with Gasteiger partial charge in [0.1, 0.15) is 5.82 Å². The fourth-order valence-electron chi connectivity index (χ4n) is 3.57. The summed E-state index contributed by atoms with van der Waals surface area (Å²) < 4.78 is 0. The van der Waals surface area contributed by atoms with Gasteiger partial charge in [-0.3, -0.25) is 4.79 Å². The summed E-state index contributed by atoms with van der Waals surface area (Å²) in [7, 11) is 0. The summed E-state index contributed by atoms with van der Waals surface area (Å²) in [4.78, 5) is 19.5. The van der Waals surface area contributed by atoms with Gasteiger partial charge in [-0.2, -0.15) is 0 Å². The zero-order valence-electron chi connectivity index (χ0n) is 13.9. The Morgan fingerprint density at radius 3 is 2.58 bits per heavy atom. The largest absolute Gasteiger partial charge is 0.357 e. The molecule has 4 rings (SSSR count). The van der Waals surface area contributed by atoms with E-state index in [4.69, 9.17) is 0 Å². The molecule has 1 N–H and O–H groups in total. The van der Waals surface area contributed by atoms with E-state index in [1.165, 1.54) is 12.8 Å². The number of aromatic nitrogens is 1. The molecule has 2 heterocycles. The van der Waals surface area contributed by atoms with Gasteiger partial charge in [0.25, 0.3) is 0 Å². The van der Waals surface area contributed by atoms with E-state index in [1.807, 2.05) is 30.5 Å². The summed E-state index contributed by atoms with van der Waals surface area (Å²) in [5, 5.41) is 3.13. The highest BCUT2D eigenvalue weighted by Gasteiger charge is 2.50. The molecule has 0 unspecified atom stereocenters. The Balaban J connectivity index is 1.42. The summed E-state index contributed by atoms with van der Waals surface area (Å²) >= 11 is 0. The molecular formula is C20H23N3O. The van der Waals surface area contributed by atoms with Crippen molar-refractivity contribution in [2.75, 3.05) is 18.0 Å². The summed E-state index contributed by atoms with van der Waals surface area (Å²) in [6.07, 6.45) is 6.21. The SMILES string of the molecule is O=C(NCc1ccnc(N2CCCC2)c1)C1(c2ccccc2)CC1. The number of carbonyl (C=O) groups is 1. The Hall–Kier alpha value is -2.36. The molecule has 24 heavy (non-hydrogen) atoms. The molecule has 1 amide bonds. The summed E-state index contributed by atoms with van der Waals surface area (Å²) in [5.74, 6) is 1.18. The first-order valence-corrected chi connectivity index (χ1v) is 8.82. The van der Waals surface area contributed by atoms with Crippen LogP contribution in [0.5, 0.6) is 0 Å². The number of carbonyl (C=O) groups excluding carboxylic acids is 1. The number of hydrogen-bond acceptors (Lipinski definition) is 3. The second-order valence-corrected chi connectivity index (χ2v) is 6.85. The van der Waals surface area contributed by atoms with Crippen molar-refractivity contribution in [2.45, 2.75) is 37.6 Å². The second-order valence-electron chi connectivity index (χ2n) is 6.85. The van der Waals surface area contributed by atoms with E-state index >= 15 is 0 Å². The molecule has 1 saturated heterocycles. The van der Waals surface area contributed by atoms with E-state index < -0.39 is 0 Å². The van der Waals surface area contributed by atoms with Crippen molar-refractivity contribution in [3.63, 3.8) is 0 Å². The molecule has 124 valence electrons. The van der Waals surface area contributed by atoms with E-state index in [0.29, 0.717) is 6.54 Å². The molecular weight excluding hydrogens is 298 g/mol. The molecule has 4 nitrogen and oxygen atoms in total. The molecule has 2 aliphatic rings. The van der Waals surface area contributed by atoms with Crippen molar-refractivity contribution in [2.24, 2.45) is 0 Å². The van der Waals surface area contributed by atoms with Crippen LogP contribution in [0.15, 0.2) is 48.7 Å².